The lowest BCUT2D eigenvalue weighted by molar-refractivity contribution is -0.137. The average molecular weight is 251 g/mol. The predicted octanol–water partition coefficient (Wildman–Crippen LogP) is 1.55. The Labute approximate surface area is 106 Å². The van der Waals surface area contributed by atoms with Crippen LogP contribution in [0.25, 0.3) is 0 Å². The Morgan fingerprint density at radius 3 is 2.56 bits per heavy atom. The van der Waals surface area contributed by atoms with Crippen LogP contribution in [0.1, 0.15) is 22.8 Å². The Morgan fingerprint density at radius 2 is 2.06 bits per heavy atom. The number of amides is 1. The zero-order chi connectivity index (χ0) is 13.7. The summed E-state index contributed by atoms with van der Waals surface area (Å²) >= 11 is 0. The van der Waals surface area contributed by atoms with Crippen molar-refractivity contribution in [1.29, 1.82) is 0 Å². The highest BCUT2D eigenvalue weighted by Crippen LogP contribution is 2.21. The molecule has 0 unspecified atom stereocenters. The third kappa shape index (κ3) is 3.23. The van der Waals surface area contributed by atoms with Gasteiger partial charge < -0.3 is 14.7 Å². The van der Waals surface area contributed by atoms with E-state index in [0.29, 0.717) is 17.9 Å². The quantitative estimate of drug-likeness (QED) is 0.862. The van der Waals surface area contributed by atoms with Crippen LogP contribution in [0.3, 0.4) is 0 Å². The van der Waals surface area contributed by atoms with E-state index in [1.807, 2.05) is 13.0 Å². The molecule has 18 heavy (non-hydrogen) atoms. The first-order chi connectivity index (χ1) is 8.49. The van der Waals surface area contributed by atoms with Gasteiger partial charge in [0.1, 0.15) is 12.3 Å². The van der Waals surface area contributed by atoms with Crippen LogP contribution < -0.4 is 4.74 Å². The molecule has 0 fully saturated rings. The third-order valence-corrected chi connectivity index (χ3v) is 2.58. The number of methoxy groups -OCH3 is 1. The van der Waals surface area contributed by atoms with Gasteiger partial charge in [-0.25, -0.2) is 0 Å². The molecule has 0 spiro atoms. The van der Waals surface area contributed by atoms with Crippen LogP contribution in [0.4, 0.5) is 0 Å². The third-order valence-electron chi connectivity index (χ3n) is 2.58. The van der Waals surface area contributed by atoms with E-state index in [1.54, 1.807) is 19.1 Å². The lowest BCUT2D eigenvalue weighted by atomic mass is 10.1. The maximum absolute atomic E-state index is 12.2. The van der Waals surface area contributed by atoms with Crippen molar-refractivity contribution in [2.24, 2.45) is 0 Å². The Kier molecular flexibility index (Phi) is 4.71. The first-order valence-corrected chi connectivity index (χ1v) is 5.65. The molecule has 0 saturated carbocycles. The number of carbonyl (C=O) groups is 2. The second-order valence-corrected chi connectivity index (χ2v) is 3.92. The van der Waals surface area contributed by atoms with Gasteiger partial charge in [-0.1, -0.05) is 11.6 Å². The highest BCUT2D eigenvalue weighted by Gasteiger charge is 2.20. The van der Waals surface area contributed by atoms with Crippen molar-refractivity contribution < 1.29 is 19.4 Å². The highest BCUT2D eigenvalue weighted by atomic mass is 16.5. The molecule has 5 nitrogen and oxygen atoms in total. The Hall–Kier alpha value is -2.04. The molecular weight excluding hydrogens is 234 g/mol. The molecule has 0 aliphatic carbocycles. The molecule has 1 aromatic carbocycles. The summed E-state index contributed by atoms with van der Waals surface area (Å²) in [7, 11) is 1.48. The number of hydrogen-bond acceptors (Lipinski definition) is 3. The topological polar surface area (TPSA) is 66.8 Å². The van der Waals surface area contributed by atoms with Gasteiger partial charge in [0.25, 0.3) is 5.91 Å². The van der Waals surface area contributed by atoms with Crippen molar-refractivity contribution in [3.05, 3.63) is 29.3 Å². The SMILES string of the molecule is CCN(CC(=O)O)C(=O)c1cc(C)ccc1OC. The second kappa shape index (κ2) is 6.05. The molecule has 5 heteroatoms. The summed E-state index contributed by atoms with van der Waals surface area (Å²) in [5, 5.41) is 8.77. The summed E-state index contributed by atoms with van der Waals surface area (Å²) in [6, 6.07) is 5.24. The summed E-state index contributed by atoms with van der Waals surface area (Å²) in [5.41, 5.74) is 1.31. The van der Waals surface area contributed by atoms with E-state index < -0.39 is 5.97 Å². The lowest BCUT2D eigenvalue weighted by Crippen LogP contribution is -2.35. The van der Waals surface area contributed by atoms with E-state index in [1.165, 1.54) is 12.0 Å². The zero-order valence-corrected chi connectivity index (χ0v) is 10.8. The van der Waals surface area contributed by atoms with E-state index in [0.717, 1.165) is 5.56 Å². The molecule has 0 bridgehead atoms. The molecule has 1 aromatic rings. The Bertz CT molecular complexity index is 456. The summed E-state index contributed by atoms with van der Waals surface area (Å²) in [6.07, 6.45) is 0. The predicted molar refractivity (Wildman–Crippen MR) is 66.9 cm³/mol. The van der Waals surface area contributed by atoms with Crippen LogP contribution in [0.2, 0.25) is 0 Å². The number of benzene rings is 1. The average Bonchev–Trinajstić information content (AvgIpc) is 2.34. The van der Waals surface area contributed by atoms with Gasteiger partial charge in [-0.2, -0.15) is 0 Å². The van der Waals surface area contributed by atoms with Crippen molar-refractivity contribution in [2.45, 2.75) is 13.8 Å². The second-order valence-electron chi connectivity index (χ2n) is 3.92. The van der Waals surface area contributed by atoms with Crippen molar-refractivity contribution in [3.63, 3.8) is 0 Å². The number of hydrogen-bond donors (Lipinski definition) is 1. The van der Waals surface area contributed by atoms with Crippen LogP contribution in [-0.4, -0.2) is 42.1 Å². The molecule has 0 saturated heterocycles. The molecule has 0 aliphatic heterocycles. The number of nitrogens with zero attached hydrogens (tertiary/aromatic N) is 1. The molecule has 0 aliphatic rings. The van der Waals surface area contributed by atoms with Gasteiger partial charge in [0, 0.05) is 6.54 Å². The fraction of sp³-hybridized carbons (Fsp3) is 0.385. The number of carboxylic acid groups (broad SMARTS) is 1. The zero-order valence-electron chi connectivity index (χ0n) is 10.8. The van der Waals surface area contributed by atoms with E-state index >= 15 is 0 Å². The van der Waals surface area contributed by atoms with Crippen LogP contribution in [-0.2, 0) is 4.79 Å². The summed E-state index contributed by atoms with van der Waals surface area (Å²) < 4.78 is 5.13. The van der Waals surface area contributed by atoms with Crippen LogP contribution in [0.15, 0.2) is 18.2 Å². The summed E-state index contributed by atoms with van der Waals surface area (Å²) in [4.78, 5) is 24.2. The first-order valence-electron chi connectivity index (χ1n) is 5.65. The molecular formula is C13H17NO4. The molecule has 98 valence electrons. The standard InChI is InChI=1S/C13H17NO4/c1-4-14(8-12(15)16)13(17)10-7-9(2)5-6-11(10)18-3/h5-7H,4,8H2,1-3H3,(H,15,16). The van der Waals surface area contributed by atoms with Crippen molar-refractivity contribution in [3.8, 4) is 5.75 Å². The van der Waals surface area contributed by atoms with Crippen molar-refractivity contribution >= 4 is 11.9 Å². The van der Waals surface area contributed by atoms with Gasteiger partial charge >= 0.3 is 5.97 Å². The van der Waals surface area contributed by atoms with Gasteiger partial charge in [-0.15, -0.1) is 0 Å². The number of carbonyl (C=O) groups excluding carboxylic acids is 1. The minimum atomic E-state index is -1.03. The summed E-state index contributed by atoms with van der Waals surface area (Å²) in [5.74, 6) is -0.910. The number of rotatable bonds is 5. The Balaban J connectivity index is 3.07. The van der Waals surface area contributed by atoms with Crippen LogP contribution >= 0.6 is 0 Å². The van der Waals surface area contributed by atoms with Gasteiger partial charge in [0.05, 0.1) is 12.7 Å². The molecule has 0 aromatic heterocycles. The number of aryl methyl sites for hydroxylation is 1. The van der Waals surface area contributed by atoms with Crippen LogP contribution in [0, 0.1) is 6.92 Å². The first kappa shape index (κ1) is 14.0. The normalized spacial score (nSPS) is 9.94. The molecule has 0 heterocycles. The molecule has 0 radical (unpaired) electrons. The monoisotopic (exact) mass is 251 g/mol. The van der Waals surface area contributed by atoms with Crippen molar-refractivity contribution in [1.82, 2.24) is 4.90 Å². The van der Waals surface area contributed by atoms with Gasteiger partial charge in [-0.3, -0.25) is 9.59 Å². The minimum Gasteiger partial charge on any atom is -0.496 e. The van der Waals surface area contributed by atoms with Gasteiger partial charge in [-0.05, 0) is 26.0 Å². The van der Waals surface area contributed by atoms with E-state index in [-0.39, 0.29) is 12.5 Å². The lowest BCUT2D eigenvalue weighted by Gasteiger charge is -2.20. The van der Waals surface area contributed by atoms with Gasteiger partial charge in [0.15, 0.2) is 0 Å². The number of aliphatic carboxylic acids is 1. The fourth-order valence-electron chi connectivity index (χ4n) is 1.65. The number of likely N-dealkylation sites (N-methyl/N-ethyl adjacent to an activating group) is 1. The molecule has 1 N–H and O–H groups in total. The fourth-order valence-corrected chi connectivity index (χ4v) is 1.65. The van der Waals surface area contributed by atoms with Crippen molar-refractivity contribution in [2.75, 3.05) is 20.2 Å². The van der Waals surface area contributed by atoms with Gasteiger partial charge in [0.2, 0.25) is 0 Å². The largest absolute Gasteiger partial charge is 0.496 e. The smallest absolute Gasteiger partial charge is 0.323 e. The maximum atomic E-state index is 12.2. The number of carboxylic acids is 1. The maximum Gasteiger partial charge on any atom is 0.323 e. The van der Waals surface area contributed by atoms with E-state index in [2.05, 4.69) is 0 Å². The molecule has 1 rings (SSSR count). The molecule has 0 atom stereocenters. The van der Waals surface area contributed by atoms with Crippen LogP contribution in [0.5, 0.6) is 5.75 Å². The highest BCUT2D eigenvalue weighted by molar-refractivity contribution is 5.98. The Morgan fingerprint density at radius 1 is 1.39 bits per heavy atom. The van der Waals surface area contributed by atoms with E-state index in [9.17, 15) is 9.59 Å². The minimum absolute atomic E-state index is 0.313. The van der Waals surface area contributed by atoms with E-state index in [4.69, 9.17) is 9.84 Å². The number of ether oxygens (including phenoxy) is 1. The summed E-state index contributed by atoms with van der Waals surface area (Å²) in [6.45, 7) is 3.63. The molecule has 1 amide bonds.